The van der Waals surface area contributed by atoms with Gasteiger partial charge in [-0.05, 0) is 59.6 Å². The molecule has 4 aromatic rings. The number of nitrogens with zero attached hydrogens (tertiary/aromatic N) is 1. The van der Waals surface area contributed by atoms with E-state index >= 15 is 0 Å². The van der Waals surface area contributed by atoms with Crippen LogP contribution in [0.3, 0.4) is 0 Å². The van der Waals surface area contributed by atoms with Crippen molar-refractivity contribution in [2.45, 2.75) is 45.0 Å². The lowest BCUT2D eigenvalue weighted by molar-refractivity contribution is -0.276. The number of carbonyl (C=O) groups excluding carboxylic acids is 1. The molecule has 5 atom stereocenters. The van der Waals surface area contributed by atoms with Gasteiger partial charge in [-0.2, -0.15) is 0 Å². The predicted molar refractivity (Wildman–Crippen MR) is 170 cm³/mol. The molecule has 1 aliphatic heterocycles. The zero-order valence-electron chi connectivity index (χ0n) is 25.0. The minimum atomic E-state index is -0.654. The lowest BCUT2D eigenvalue weighted by atomic mass is 9.89. The maximum atomic E-state index is 12.2. The fraction of sp³-hybridized carbons (Fsp3) is 0.306. The van der Waals surface area contributed by atoms with Crippen LogP contribution in [-0.2, 0) is 20.8 Å². The molecule has 0 unspecified atom stereocenters. The molecule has 0 aliphatic carbocycles. The first-order valence-corrected chi connectivity index (χ1v) is 14.7. The van der Waals surface area contributed by atoms with Crippen LogP contribution in [0.1, 0.15) is 54.5 Å². The van der Waals surface area contributed by atoms with Gasteiger partial charge in [0.1, 0.15) is 6.61 Å². The second-order valence-corrected chi connectivity index (χ2v) is 11.2. The van der Waals surface area contributed by atoms with Crippen molar-refractivity contribution in [3.63, 3.8) is 0 Å². The molecule has 7 nitrogen and oxygen atoms in total. The number of ether oxygens (including phenoxy) is 3. The quantitative estimate of drug-likeness (QED) is 0.189. The van der Waals surface area contributed by atoms with E-state index in [0.717, 1.165) is 16.7 Å². The molecule has 2 N–H and O–H groups in total. The smallest absolute Gasteiger partial charge is 0.411 e. The molecule has 1 fully saturated rings. The molecular weight excluding hydrogens is 540 g/mol. The second-order valence-electron chi connectivity index (χ2n) is 11.2. The minimum Gasteiger partial charge on any atom is -0.445 e. The highest BCUT2D eigenvalue weighted by molar-refractivity contribution is 5.84. The standard InChI is InChI=1S/C36H40N2O5/c1-5-19-41-36(40)37-32-12-8-11-31(21-32)35-42-33(24(2)34(43-35)28-15-13-26(23-39)14-16-28)22-38(4)25(3)29-18-17-27-9-6-7-10-30(27)20-29/h5-18,20-21,24-25,33-35,39H,1,19,22-23H2,2-4H3,(H,37,40)/t24-,25+,33+,34+,35+/m0/s1. The van der Waals surface area contributed by atoms with Crippen LogP contribution in [0.15, 0.2) is 104 Å². The molecule has 0 bridgehead atoms. The van der Waals surface area contributed by atoms with Gasteiger partial charge in [-0.15, -0.1) is 0 Å². The fourth-order valence-corrected chi connectivity index (χ4v) is 5.54. The average molecular weight is 581 g/mol. The molecule has 0 radical (unpaired) electrons. The van der Waals surface area contributed by atoms with Crippen LogP contribution in [-0.4, -0.2) is 42.4 Å². The van der Waals surface area contributed by atoms with E-state index in [1.807, 2.05) is 42.5 Å². The normalized spacial score (nSPS) is 21.0. The van der Waals surface area contributed by atoms with Crippen molar-refractivity contribution in [3.8, 4) is 0 Å². The van der Waals surface area contributed by atoms with Crippen molar-refractivity contribution >= 4 is 22.6 Å². The first kappa shape index (κ1) is 30.4. The number of amides is 1. The van der Waals surface area contributed by atoms with Gasteiger partial charge in [0.05, 0.1) is 18.8 Å². The summed E-state index contributed by atoms with van der Waals surface area (Å²) in [4.78, 5) is 14.5. The number of nitrogens with one attached hydrogen (secondary N) is 1. The van der Waals surface area contributed by atoms with Crippen LogP contribution < -0.4 is 5.32 Å². The summed E-state index contributed by atoms with van der Waals surface area (Å²) in [5.74, 6) is 0.0395. The fourth-order valence-electron chi connectivity index (χ4n) is 5.54. The van der Waals surface area contributed by atoms with Crippen molar-refractivity contribution in [2.24, 2.45) is 5.92 Å². The van der Waals surface area contributed by atoms with Gasteiger partial charge in [0, 0.05) is 29.8 Å². The van der Waals surface area contributed by atoms with Gasteiger partial charge in [0.15, 0.2) is 6.29 Å². The Morgan fingerprint density at radius 2 is 1.77 bits per heavy atom. The Morgan fingerprint density at radius 1 is 1.00 bits per heavy atom. The molecule has 1 saturated heterocycles. The summed E-state index contributed by atoms with van der Waals surface area (Å²) in [6.07, 6.45) is -0.0795. The molecule has 1 amide bonds. The van der Waals surface area contributed by atoms with E-state index in [1.165, 1.54) is 22.4 Å². The molecule has 0 aromatic heterocycles. The van der Waals surface area contributed by atoms with Crippen LogP contribution >= 0.6 is 0 Å². The van der Waals surface area contributed by atoms with Crippen molar-refractivity contribution in [3.05, 3.63) is 126 Å². The molecule has 224 valence electrons. The molecule has 1 aliphatic rings. The van der Waals surface area contributed by atoms with Crippen LogP contribution in [0.2, 0.25) is 0 Å². The number of hydrogen-bond donors (Lipinski definition) is 2. The number of rotatable bonds is 10. The third-order valence-corrected chi connectivity index (χ3v) is 8.25. The monoisotopic (exact) mass is 580 g/mol. The lowest BCUT2D eigenvalue weighted by Gasteiger charge is -2.43. The lowest BCUT2D eigenvalue weighted by Crippen LogP contribution is -2.44. The van der Waals surface area contributed by atoms with E-state index in [-0.39, 0.29) is 37.4 Å². The zero-order valence-corrected chi connectivity index (χ0v) is 25.0. The third kappa shape index (κ3) is 7.32. The Bertz CT molecular complexity index is 1540. The van der Waals surface area contributed by atoms with Crippen molar-refractivity contribution in [1.82, 2.24) is 4.90 Å². The maximum Gasteiger partial charge on any atom is 0.411 e. The van der Waals surface area contributed by atoms with E-state index in [4.69, 9.17) is 14.2 Å². The summed E-state index contributed by atoms with van der Waals surface area (Å²) in [5.41, 5.74) is 4.49. The largest absolute Gasteiger partial charge is 0.445 e. The van der Waals surface area contributed by atoms with E-state index in [0.29, 0.717) is 12.2 Å². The van der Waals surface area contributed by atoms with E-state index in [2.05, 4.69) is 80.2 Å². The van der Waals surface area contributed by atoms with Crippen LogP contribution in [0.25, 0.3) is 10.8 Å². The number of carbonyl (C=O) groups is 1. The van der Waals surface area contributed by atoms with Gasteiger partial charge in [-0.1, -0.05) is 92.4 Å². The summed E-state index contributed by atoms with van der Waals surface area (Å²) in [5, 5.41) is 14.8. The van der Waals surface area contributed by atoms with E-state index < -0.39 is 12.4 Å². The summed E-state index contributed by atoms with van der Waals surface area (Å²) in [6, 6.07) is 30.5. The van der Waals surface area contributed by atoms with Gasteiger partial charge in [-0.25, -0.2) is 4.79 Å². The van der Waals surface area contributed by atoms with Crippen molar-refractivity contribution in [2.75, 3.05) is 25.5 Å². The van der Waals surface area contributed by atoms with Gasteiger partial charge in [0.25, 0.3) is 0 Å². The Morgan fingerprint density at radius 3 is 2.51 bits per heavy atom. The molecular formula is C36H40N2O5. The highest BCUT2D eigenvalue weighted by Crippen LogP contribution is 2.42. The molecule has 0 saturated carbocycles. The minimum absolute atomic E-state index is 0.0117. The number of fused-ring (bicyclic) bond motifs is 1. The van der Waals surface area contributed by atoms with Gasteiger partial charge in [0.2, 0.25) is 0 Å². The van der Waals surface area contributed by atoms with Gasteiger partial charge in [-0.3, -0.25) is 10.2 Å². The number of anilines is 1. The maximum absolute atomic E-state index is 12.2. The Hall–Kier alpha value is -4.01. The Kier molecular flexibility index (Phi) is 9.89. The highest BCUT2D eigenvalue weighted by atomic mass is 16.7. The van der Waals surface area contributed by atoms with Crippen molar-refractivity contribution < 1.29 is 24.1 Å². The zero-order chi connectivity index (χ0) is 30.3. The van der Waals surface area contributed by atoms with Crippen molar-refractivity contribution in [1.29, 1.82) is 0 Å². The molecule has 0 spiro atoms. The second kappa shape index (κ2) is 14.0. The molecule has 43 heavy (non-hydrogen) atoms. The number of hydrogen-bond acceptors (Lipinski definition) is 6. The summed E-state index contributed by atoms with van der Waals surface area (Å²) in [6.45, 7) is 8.76. The molecule has 7 heteroatoms. The van der Waals surface area contributed by atoms with Gasteiger partial charge < -0.3 is 19.3 Å². The summed E-state index contributed by atoms with van der Waals surface area (Å²) < 4.78 is 18.4. The molecule has 1 heterocycles. The number of aliphatic hydroxyl groups excluding tert-OH is 1. The first-order valence-electron chi connectivity index (χ1n) is 14.7. The molecule has 5 rings (SSSR count). The molecule has 4 aromatic carbocycles. The predicted octanol–water partition coefficient (Wildman–Crippen LogP) is 7.55. The highest BCUT2D eigenvalue weighted by Gasteiger charge is 2.39. The van der Waals surface area contributed by atoms with Gasteiger partial charge >= 0.3 is 6.09 Å². The summed E-state index contributed by atoms with van der Waals surface area (Å²) >= 11 is 0. The number of benzene rings is 4. The average Bonchev–Trinajstić information content (AvgIpc) is 3.04. The Labute approximate surface area is 253 Å². The van der Waals surface area contributed by atoms with E-state index in [1.54, 1.807) is 6.07 Å². The number of likely N-dealkylation sites (N-methyl/N-ethyl adjacent to an activating group) is 1. The van der Waals surface area contributed by atoms with Crippen LogP contribution in [0, 0.1) is 5.92 Å². The topological polar surface area (TPSA) is 80.3 Å². The first-order chi connectivity index (χ1) is 20.9. The van der Waals surface area contributed by atoms with Crippen LogP contribution in [0.4, 0.5) is 10.5 Å². The third-order valence-electron chi connectivity index (χ3n) is 8.25. The SMILES string of the molecule is C=CCOC(=O)Nc1cccc([C@@H]2O[C@H](CN(C)[C@H](C)c3ccc4ccccc4c3)[C@H](C)[C@H](c3ccc(CO)cc3)O2)c1. The summed E-state index contributed by atoms with van der Waals surface area (Å²) in [7, 11) is 2.13. The Balaban J connectivity index is 1.39. The number of aliphatic hydroxyl groups is 1. The van der Waals surface area contributed by atoms with E-state index in [9.17, 15) is 9.90 Å². The van der Waals surface area contributed by atoms with Crippen LogP contribution in [0.5, 0.6) is 0 Å².